The number of hydrogen-bond acceptors (Lipinski definition) is 0. The molecule has 2 fully saturated rings. The van der Waals surface area contributed by atoms with Crippen LogP contribution in [-0.4, -0.2) is 0 Å². The van der Waals surface area contributed by atoms with E-state index in [-0.39, 0.29) is 17.5 Å². The SMILES string of the molecule is CCCc1ccc(C2CCC(C3CCC(C)CC3)CC2)c(C(F)(F)F)c1C(F)(F)F. The van der Waals surface area contributed by atoms with E-state index in [2.05, 4.69) is 6.92 Å². The first-order chi connectivity index (χ1) is 14.0. The van der Waals surface area contributed by atoms with Crippen molar-refractivity contribution in [2.24, 2.45) is 17.8 Å². The minimum Gasteiger partial charge on any atom is -0.166 e. The fourth-order valence-electron chi connectivity index (χ4n) is 5.77. The van der Waals surface area contributed by atoms with E-state index < -0.39 is 29.4 Å². The Bertz CT molecular complexity index is 702. The lowest BCUT2D eigenvalue weighted by atomic mass is 9.68. The molecule has 0 aromatic heterocycles. The van der Waals surface area contributed by atoms with Crippen molar-refractivity contribution in [1.29, 1.82) is 0 Å². The number of aryl methyl sites for hydroxylation is 1. The number of hydrogen-bond donors (Lipinski definition) is 0. The molecule has 0 N–H and O–H groups in total. The van der Waals surface area contributed by atoms with Crippen LogP contribution in [0.4, 0.5) is 26.3 Å². The molecular formula is C24H32F6. The highest BCUT2D eigenvalue weighted by molar-refractivity contribution is 5.46. The third-order valence-corrected chi connectivity index (χ3v) is 7.35. The van der Waals surface area contributed by atoms with E-state index in [1.54, 1.807) is 6.92 Å². The molecule has 2 aliphatic carbocycles. The number of alkyl halides is 6. The molecule has 6 heteroatoms. The lowest BCUT2D eigenvalue weighted by Crippen LogP contribution is -2.27. The monoisotopic (exact) mass is 434 g/mol. The van der Waals surface area contributed by atoms with Crippen molar-refractivity contribution < 1.29 is 26.3 Å². The Kier molecular flexibility index (Phi) is 7.13. The lowest BCUT2D eigenvalue weighted by molar-refractivity contribution is -0.163. The number of rotatable bonds is 4. The second kappa shape index (κ2) is 9.12. The summed E-state index contributed by atoms with van der Waals surface area (Å²) in [4.78, 5) is 0. The highest BCUT2D eigenvalue weighted by Crippen LogP contribution is 2.50. The van der Waals surface area contributed by atoms with Crippen molar-refractivity contribution in [2.45, 2.75) is 96.3 Å². The number of benzene rings is 1. The first-order valence-corrected chi connectivity index (χ1v) is 11.3. The summed E-state index contributed by atoms with van der Waals surface area (Å²) < 4.78 is 83.0. The molecular weight excluding hydrogens is 402 g/mol. The Hall–Kier alpha value is -1.20. The summed E-state index contributed by atoms with van der Waals surface area (Å²) >= 11 is 0. The summed E-state index contributed by atoms with van der Waals surface area (Å²) in [6, 6.07) is 2.61. The molecule has 0 spiro atoms. The van der Waals surface area contributed by atoms with E-state index >= 15 is 0 Å². The van der Waals surface area contributed by atoms with E-state index in [1.165, 1.54) is 37.8 Å². The Balaban J connectivity index is 1.87. The van der Waals surface area contributed by atoms with Gasteiger partial charge in [0.2, 0.25) is 0 Å². The summed E-state index contributed by atoms with van der Waals surface area (Å²) in [6.07, 6.45) is -2.18. The smallest absolute Gasteiger partial charge is 0.166 e. The largest absolute Gasteiger partial charge is 0.417 e. The first kappa shape index (κ1) is 23.5. The summed E-state index contributed by atoms with van der Waals surface area (Å²) in [5, 5.41) is 0. The van der Waals surface area contributed by atoms with Gasteiger partial charge in [-0.05, 0) is 79.7 Å². The highest BCUT2D eigenvalue weighted by Gasteiger charge is 2.47. The maximum absolute atomic E-state index is 13.9. The maximum Gasteiger partial charge on any atom is 0.417 e. The van der Waals surface area contributed by atoms with E-state index in [0.29, 0.717) is 31.1 Å². The molecule has 3 rings (SSSR count). The zero-order valence-electron chi connectivity index (χ0n) is 17.8. The molecule has 0 unspecified atom stereocenters. The van der Waals surface area contributed by atoms with Gasteiger partial charge in [-0.3, -0.25) is 0 Å². The molecule has 2 saturated carbocycles. The Morgan fingerprint density at radius 1 is 0.733 bits per heavy atom. The Labute approximate surface area is 175 Å². The van der Waals surface area contributed by atoms with Crippen LogP contribution in [0, 0.1) is 17.8 Å². The molecule has 0 aliphatic heterocycles. The van der Waals surface area contributed by atoms with Crippen LogP contribution in [0.25, 0.3) is 0 Å². The predicted octanol–water partition coefficient (Wildman–Crippen LogP) is 8.78. The van der Waals surface area contributed by atoms with Crippen LogP contribution in [0.3, 0.4) is 0 Å². The second-order valence-electron chi connectivity index (χ2n) is 9.44. The van der Waals surface area contributed by atoms with E-state index in [4.69, 9.17) is 0 Å². The zero-order chi connectivity index (χ0) is 22.1. The minimum absolute atomic E-state index is 0.00888. The highest BCUT2D eigenvalue weighted by atomic mass is 19.4. The van der Waals surface area contributed by atoms with Crippen molar-refractivity contribution in [3.05, 3.63) is 34.4 Å². The van der Waals surface area contributed by atoms with Crippen LogP contribution in [0.2, 0.25) is 0 Å². The molecule has 0 amide bonds. The van der Waals surface area contributed by atoms with Gasteiger partial charge >= 0.3 is 12.4 Å². The first-order valence-electron chi connectivity index (χ1n) is 11.3. The van der Waals surface area contributed by atoms with Crippen LogP contribution < -0.4 is 0 Å². The third kappa shape index (κ3) is 5.16. The van der Waals surface area contributed by atoms with Crippen molar-refractivity contribution in [2.75, 3.05) is 0 Å². The molecule has 30 heavy (non-hydrogen) atoms. The quantitative estimate of drug-likeness (QED) is 0.416. The molecule has 1 aromatic carbocycles. The fraction of sp³-hybridized carbons (Fsp3) is 0.750. The third-order valence-electron chi connectivity index (χ3n) is 7.35. The van der Waals surface area contributed by atoms with Gasteiger partial charge in [0.25, 0.3) is 0 Å². The summed E-state index contributed by atoms with van der Waals surface area (Å²) in [7, 11) is 0. The molecule has 0 nitrogen and oxygen atoms in total. The molecule has 1 aromatic rings. The average Bonchev–Trinajstić information content (AvgIpc) is 2.67. The van der Waals surface area contributed by atoms with Crippen molar-refractivity contribution in [3.63, 3.8) is 0 Å². The molecule has 170 valence electrons. The molecule has 2 aliphatic rings. The van der Waals surface area contributed by atoms with Gasteiger partial charge in [0, 0.05) is 0 Å². The van der Waals surface area contributed by atoms with Gasteiger partial charge in [0.1, 0.15) is 0 Å². The van der Waals surface area contributed by atoms with Crippen molar-refractivity contribution in [3.8, 4) is 0 Å². The molecule has 0 atom stereocenters. The molecule has 0 saturated heterocycles. The summed E-state index contributed by atoms with van der Waals surface area (Å²) in [5.41, 5.74) is -3.29. The summed E-state index contributed by atoms with van der Waals surface area (Å²) in [5.74, 6) is 1.43. The van der Waals surface area contributed by atoms with Gasteiger partial charge in [0.15, 0.2) is 0 Å². The van der Waals surface area contributed by atoms with Crippen LogP contribution in [0.15, 0.2) is 12.1 Å². The standard InChI is InChI=1S/C24H32F6/c1-3-4-19-13-14-20(22(24(28,29)30)21(19)23(25,26)27)18-11-9-17(10-12-18)16-7-5-15(2)6-8-16/h13-18H,3-12H2,1-2H3. The van der Waals surface area contributed by atoms with Gasteiger partial charge in [-0.2, -0.15) is 26.3 Å². The van der Waals surface area contributed by atoms with Gasteiger partial charge in [-0.1, -0.05) is 45.2 Å². The van der Waals surface area contributed by atoms with Gasteiger partial charge in [-0.25, -0.2) is 0 Å². The van der Waals surface area contributed by atoms with Gasteiger partial charge in [0.05, 0.1) is 11.1 Å². The second-order valence-corrected chi connectivity index (χ2v) is 9.44. The molecule has 0 radical (unpaired) electrons. The summed E-state index contributed by atoms with van der Waals surface area (Å²) in [6.45, 7) is 3.93. The molecule has 0 bridgehead atoms. The predicted molar refractivity (Wildman–Crippen MR) is 106 cm³/mol. The Morgan fingerprint density at radius 2 is 1.23 bits per heavy atom. The van der Waals surface area contributed by atoms with Gasteiger partial charge in [-0.15, -0.1) is 0 Å². The van der Waals surface area contributed by atoms with Crippen LogP contribution in [-0.2, 0) is 18.8 Å². The van der Waals surface area contributed by atoms with E-state index in [1.807, 2.05) is 0 Å². The fourth-order valence-corrected chi connectivity index (χ4v) is 5.77. The number of halogens is 6. The average molecular weight is 435 g/mol. The lowest BCUT2D eigenvalue weighted by Gasteiger charge is -2.38. The van der Waals surface area contributed by atoms with E-state index in [9.17, 15) is 26.3 Å². The van der Waals surface area contributed by atoms with Crippen molar-refractivity contribution in [1.82, 2.24) is 0 Å². The Morgan fingerprint density at radius 3 is 1.70 bits per heavy atom. The van der Waals surface area contributed by atoms with Crippen LogP contribution in [0.1, 0.15) is 99.8 Å². The van der Waals surface area contributed by atoms with Gasteiger partial charge < -0.3 is 0 Å². The molecule has 0 heterocycles. The zero-order valence-corrected chi connectivity index (χ0v) is 17.8. The van der Waals surface area contributed by atoms with E-state index in [0.717, 1.165) is 18.8 Å². The maximum atomic E-state index is 13.9. The van der Waals surface area contributed by atoms with Crippen molar-refractivity contribution >= 4 is 0 Å². The normalized spacial score (nSPS) is 28.5. The minimum atomic E-state index is -5.01. The van der Waals surface area contributed by atoms with Crippen LogP contribution >= 0.6 is 0 Å². The van der Waals surface area contributed by atoms with Crippen LogP contribution in [0.5, 0.6) is 0 Å². The topological polar surface area (TPSA) is 0 Å².